The van der Waals surface area contributed by atoms with E-state index in [1.54, 1.807) is 0 Å². The quantitative estimate of drug-likeness (QED) is 0.758. The van der Waals surface area contributed by atoms with Crippen LogP contribution in [0.5, 0.6) is 0 Å². The topological polar surface area (TPSA) is 78.4 Å². The summed E-state index contributed by atoms with van der Waals surface area (Å²) in [4.78, 5) is 22.6. The molecule has 20 heavy (non-hydrogen) atoms. The molecule has 0 spiro atoms. The van der Waals surface area contributed by atoms with Crippen molar-refractivity contribution in [2.45, 2.75) is 38.8 Å². The second-order valence-corrected chi connectivity index (χ2v) is 5.22. The molecule has 0 saturated heterocycles. The standard InChI is InChI=1S/C15H20N2O3/c1-10(2-5-14(18)19)17-15(20)12-4-3-11-6-7-16-9-13(11)8-12/h3-4,8,10,16H,2,5-7,9H2,1H3,(H,17,20)(H,18,19). The van der Waals surface area contributed by atoms with Crippen molar-refractivity contribution in [3.8, 4) is 0 Å². The molecule has 0 fully saturated rings. The summed E-state index contributed by atoms with van der Waals surface area (Å²) in [6.07, 6.45) is 1.50. The summed E-state index contributed by atoms with van der Waals surface area (Å²) in [7, 11) is 0. The van der Waals surface area contributed by atoms with E-state index < -0.39 is 5.97 Å². The lowest BCUT2D eigenvalue weighted by Gasteiger charge is -2.18. The Balaban J connectivity index is 1.97. The molecular formula is C15H20N2O3. The van der Waals surface area contributed by atoms with Crippen molar-refractivity contribution in [2.75, 3.05) is 6.54 Å². The zero-order valence-corrected chi connectivity index (χ0v) is 11.6. The Kier molecular flexibility index (Phi) is 4.74. The van der Waals surface area contributed by atoms with E-state index in [0.717, 1.165) is 19.5 Å². The van der Waals surface area contributed by atoms with Crippen LogP contribution in [0.25, 0.3) is 0 Å². The van der Waals surface area contributed by atoms with Gasteiger partial charge in [-0.05, 0) is 49.6 Å². The number of carboxylic acids is 1. The van der Waals surface area contributed by atoms with E-state index in [1.165, 1.54) is 11.1 Å². The normalized spacial score (nSPS) is 15.2. The Hall–Kier alpha value is -1.88. The highest BCUT2D eigenvalue weighted by molar-refractivity contribution is 5.94. The minimum Gasteiger partial charge on any atom is -0.481 e. The lowest BCUT2D eigenvalue weighted by Crippen LogP contribution is -2.33. The number of aliphatic carboxylic acids is 1. The van der Waals surface area contributed by atoms with Crippen LogP contribution in [-0.4, -0.2) is 29.6 Å². The average molecular weight is 276 g/mol. The van der Waals surface area contributed by atoms with Crippen LogP contribution in [0, 0.1) is 0 Å². The number of hydrogen-bond acceptors (Lipinski definition) is 3. The zero-order chi connectivity index (χ0) is 14.5. The smallest absolute Gasteiger partial charge is 0.303 e. The molecule has 0 aliphatic carbocycles. The number of rotatable bonds is 5. The Morgan fingerprint density at radius 2 is 2.20 bits per heavy atom. The fourth-order valence-corrected chi connectivity index (χ4v) is 2.34. The van der Waals surface area contributed by atoms with E-state index >= 15 is 0 Å². The lowest BCUT2D eigenvalue weighted by molar-refractivity contribution is -0.137. The van der Waals surface area contributed by atoms with Crippen molar-refractivity contribution in [3.63, 3.8) is 0 Å². The minimum atomic E-state index is -0.842. The molecule has 0 radical (unpaired) electrons. The van der Waals surface area contributed by atoms with Crippen LogP contribution in [0.1, 0.15) is 41.3 Å². The van der Waals surface area contributed by atoms with Gasteiger partial charge in [0, 0.05) is 24.6 Å². The third-order valence-electron chi connectivity index (χ3n) is 3.52. The molecule has 3 N–H and O–H groups in total. The van der Waals surface area contributed by atoms with E-state index in [-0.39, 0.29) is 18.4 Å². The molecule has 5 heteroatoms. The van der Waals surface area contributed by atoms with Crippen molar-refractivity contribution >= 4 is 11.9 Å². The Morgan fingerprint density at radius 1 is 1.40 bits per heavy atom. The van der Waals surface area contributed by atoms with Crippen LogP contribution in [0.15, 0.2) is 18.2 Å². The maximum atomic E-state index is 12.1. The average Bonchev–Trinajstić information content (AvgIpc) is 2.44. The van der Waals surface area contributed by atoms with Gasteiger partial charge in [-0.15, -0.1) is 0 Å². The summed E-state index contributed by atoms with van der Waals surface area (Å²) in [6, 6.07) is 5.62. The van der Waals surface area contributed by atoms with Gasteiger partial charge in [0.25, 0.3) is 5.91 Å². The van der Waals surface area contributed by atoms with E-state index in [4.69, 9.17) is 5.11 Å². The first-order chi connectivity index (χ1) is 9.56. The molecule has 108 valence electrons. The van der Waals surface area contributed by atoms with Crippen LogP contribution in [0.3, 0.4) is 0 Å². The van der Waals surface area contributed by atoms with Gasteiger partial charge >= 0.3 is 5.97 Å². The number of carbonyl (C=O) groups is 2. The predicted octanol–water partition coefficient (Wildman–Crippen LogP) is 1.32. The highest BCUT2D eigenvalue weighted by Crippen LogP contribution is 2.16. The van der Waals surface area contributed by atoms with Gasteiger partial charge in [-0.3, -0.25) is 9.59 Å². The molecule has 1 amide bonds. The number of fused-ring (bicyclic) bond motifs is 1. The van der Waals surface area contributed by atoms with Gasteiger partial charge in [0.15, 0.2) is 0 Å². The van der Waals surface area contributed by atoms with E-state index in [1.807, 2.05) is 25.1 Å². The zero-order valence-electron chi connectivity index (χ0n) is 11.6. The highest BCUT2D eigenvalue weighted by Gasteiger charge is 2.14. The third kappa shape index (κ3) is 3.81. The molecule has 0 aromatic heterocycles. The van der Waals surface area contributed by atoms with E-state index in [0.29, 0.717) is 12.0 Å². The molecule has 0 saturated carbocycles. The van der Waals surface area contributed by atoms with Crippen molar-refractivity contribution in [1.29, 1.82) is 0 Å². The molecule has 1 aromatic rings. The Labute approximate surface area is 118 Å². The summed E-state index contributed by atoms with van der Waals surface area (Å²) in [5.74, 6) is -0.984. The molecule has 2 rings (SSSR count). The molecule has 0 bridgehead atoms. The van der Waals surface area contributed by atoms with Gasteiger partial charge < -0.3 is 15.7 Å². The lowest BCUT2D eigenvalue weighted by atomic mass is 9.98. The van der Waals surface area contributed by atoms with Crippen molar-refractivity contribution in [1.82, 2.24) is 10.6 Å². The maximum absolute atomic E-state index is 12.1. The summed E-state index contributed by atoms with van der Waals surface area (Å²) in [5.41, 5.74) is 3.09. The van der Waals surface area contributed by atoms with Gasteiger partial charge in [0.05, 0.1) is 0 Å². The molecule has 1 aliphatic rings. The second-order valence-electron chi connectivity index (χ2n) is 5.22. The van der Waals surface area contributed by atoms with Gasteiger partial charge in [0.2, 0.25) is 0 Å². The van der Waals surface area contributed by atoms with Gasteiger partial charge in [0.1, 0.15) is 0 Å². The number of hydrogen-bond donors (Lipinski definition) is 3. The van der Waals surface area contributed by atoms with Crippen molar-refractivity contribution < 1.29 is 14.7 Å². The summed E-state index contributed by atoms with van der Waals surface area (Å²) >= 11 is 0. The van der Waals surface area contributed by atoms with Crippen LogP contribution in [0.2, 0.25) is 0 Å². The Morgan fingerprint density at radius 3 is 2.95 bits per heavy atom. The molecule has 5 nitrogen and oxygen atoms in total. The van der Waals surface area contributed by atoms with Gasteiger partial charge in [-0.25, -0.2) is 0 Å². The molecule has 1 aromatic carbocycles. The van der Waals surface area contributed by atoms with Gasteiger partial charge in [-0.1, -0.05) is 6.07 Å². The number of nitrogens with one attached hydrogen (secondary N) is 2. The van der Waals surface area contributed by atoms with Crippen LogP contribution < -0.4 is 10.6 Å². The molecule has 1 aliphatic heterocycles. The number of amides is 1. The molecule has 1 unspecified atom stereocenters. The molecular weight excluding hydrogens is 256 g/mol. The summed E-state index contributed by atoms with van der Waals surface area (Å²) in [6.45, 7) is 3.59. The largest absolute Gasteiger partial charge is 0.481 e. The third-order valence-corrected chi connectivity index (χ3v) is 3.52. The summed E-state index contributed by atoms with van der Waals surface area (Å²) < 4.78 is 0. The fourth-order valence-electron chi connectivity index (χ4n) is 2.34. The number of carbonyl (C=O) groups excluding carboxylic acids is 1. The summed E-state index contributed by atoms with van der Waals surface area (Å²) in [5, 5.41) is 14.7. The van der Waals surface area contributed by atoms with Crippen LogP contribution >= 0.6 is 0 Å². The van der Waals surface area contributed by atoms with Gasteiger partial charge in [-0.2, -0.15) is 0 Å². The number of benzene rings is 1. The van der Waals surface area contributed by atoms with Crippen LogP contribution in [0.4, 0.5) is 0 Å². The highest BCUT2D eigenvalue weighted by atomic mass is 16.4. The van der Waals surface area contributed by atoms with Crippen LogP contribution in [-0.2, 0) is 17.8 Å². The monoisotopic (exact) mass is 276 g/mol. The van der Waals surface area contributed by atoms with E-state index in [2.05, 4.69) is 10.6 Å². The SMILES string of the molecule is CC(CCC(=O)O)NC(=O)c1ccc2c(c1)CNCC2. The van der Waals surface area contributed by atoms with E-state index in [9.17, 15) is 9.59 Å². The minimum absolute atomic E-state index is 0.0650. The Bertz CT molecular complexity index is 514. The first kappa shape index (κ1) is 14.5. The first-order valence-corrected chi connectivity index (χ1v) is 6.91. The number of carboxylic acid groups (broad SMARTS) is 1. The second kappa shape index (κ2) is 6.52. The first-order valence-electron chi connectivity index (χ1n) is 6.91. The maximum Gasteiger partial charge on any atom is 0.303 e. The predicted molar refractivity (Wildman–Crippen MR) is 75.7 cm³/mol. The van der Waals surface area contributed by atoms with Crippen molar-refractivity contribution in [2.24, 2.45) is 0 Å². The fraction of sp³-hybridized carbons (Fsp3) is 0.467. The molecule has 1 atom stereocenters. The van der Waals surface area contributed by atoms with Crippen molar-refractivity contribution in [3.05, 3.63) is 34.9 Å². The molecule has 1 heterocycles.